The van der Waals surface area contributed by atoms with Gasteiger partial charge in [0.2, 0.25) is 5.85 Å². The summed E-state index contributed by atoms with van der Waals surface area (Å²) in [5.74, 6) is -1.47. The highest BCUT2D eigenvalue weighted by atomic mass is 19.1. The van der Waals surface area contributed by atoms with Crippen LogP contribution in [-0.4, -0.2) is 24.4 Å². The molecule has 8 heteroatoms. The van der Waals surface area contributed by atoms with Gasteiger partial charge < -0.3 is 16.2 Å². The van der Waals surface area contributed by atoms with Gasteiger partial charge in [0, 0.05) is 35.8 Å². The number of imidazole rings is 1. The van der Waals surface area contributed by atoms with Crippen LogP contribution in [0.4, 0.5) is 15.9 Å². The summed E-state index contributed by atoms with van der Waals surface area (Å²) in [5.41, 5.74) is 9.64. The average Bonchev–Trinajstić information content (AvgIpc) is 3.25. The van der Waals surface area contributed by atoms with Crippen LogP contribution >= 0.6 is 0 Å². The number of nitrogens with two attached hydrogens (primary N) is 1. The normalized spacial score (nSPS) is 14.1. The monoisotopic (exact) mass is 408 g/mol. The number of halogens is 1. The Bertz CT molecular complexity index is 1200. The molecule has 1 atom stereocenters. The SMILES string of the molecule is CC(C)(C)c1cc(N)n(C(C)(O)Nc2ccc(-n3cnc4cc(F)ccc43)cc2)n1. The number of aliphatic hydroxyl groups is 1. The zero-order valence-electron chi connectivity index (χ0n) is 17.4. The molecule has 0 saturated heterocycles. The van der Waals surface area contributed by atoms with Crippen LogP contribution in [0, 0.1) is 5.82 Å². The van der Waals surface area contributed by atoms with Crippen LogP contribution in [0.3, 0.4) is 0 Å². The summed E-state index contributed by atoms with van der Waals surface area (Å²) in [7, 11) is 0. The van der Waals surface area contributed by atoms with Crippen molar-refractivity contribution in [1.29, 1.82) is 0 Å². The molecule has 0 fully saturated rings. The Morgan fingerprint density at radius 3 is 2.37 bits per heavy atom. The van der Waals surface area contributed by atoms with Gasteiger partial charge in [-0.2, -0.15) is 9.78 Å². The second-order valence-corrected chi connectivity index (χ2v) is 8.56. The first-order valence-electron chi connectivity index (χ1n) is 9.65. The van der Waals surface area contributed by atoms with E-state index in [2.05, 4.69) is 15.4 Å². The molecule has 4 aromatic rings. The Morgan fingerprint density at radius 2 is 1.73 bits per heavy atom. The fraction of sp³-hybridized carbons (Fsp3) is 0.273. The molecule has 0 amide bonds. The van der Waals surface area contributed by atoms with Gasteiger partial charge in [-0.05, 0) is 36.4 Å². The summed E-state index contributed by atoms with van der Waals surface area (Å²) in [4.78, 5) is 4.25. The lowest BCUT2D eigenvalue weighted by Gasteiger charge is -2.27. The summed E-state index contributed by atoms with van der Waals surface area (Å²) in [6.45, 7) is 7.70. The van der Waals surface area contributed by atoms with E-state index in [0.717, 1.165) is 16.9 Å². The van der Waals surface area contributed by atoms with E-state index in [4.69, 9.17) is 5.73 Å². The molecular formula is C22H25FN6O. The number of anilines is 2. The van der Waals surface area contributed by atoms with Gasteiger partial charge in [-0.3, -0.25) is 4.57 Å². The summed E-state index contributed by atoms with van der Waals surface area (Å²) in [6.07, 6.45) is 1.65. The molecule has 0 aliphatic heterocycles. The van der Waals surface area contributed by atoms with Crippen molar-refractivity contribution >= 4 is 22.5 Å². The minimum absolute atomic E-state index is 0.187. The molecule has 4 rings (SSSR count). The van der Waals surface area contributed by atoms with Gasteiger partial charge >= 0.3 is 0 Å². The first kappa shape index (κ1) is 19.9. The minimum atomic E-state index is -1.52. The largest absolute Gasteiger partial charge is 0.384 e. The van der Waals surface area contributed by atoms with Crippen molar-refractivity contribution in [2.75, 3.05) is 11.1 Å². The van der Waals surface area contributed by atoms with Crippen LogP contribution in [0.1, 0.15) is 33.4 Å². The van der Waals surface area contributed by atoms with Crippen molar-refractivity contribution in [3.63, 3.8) is 0 Å². The van der Waals surface area contributed by atoms with Gasteiger partial charge in [-0.25, -0.2) is 9.37 Å². The molecule has 2 aromatic carbocycles. The standard InChI is InChI=1S/C22H25FN6O/c1-21(2,3)19-12-20(24)29(27-19)22(4,30)26-15-6-8-16(9-7-15)28-13-25-17-11-14(23)5-10-18(17)28/h5-13,26,30H,24H2,1-4H3. The zero-order valence-corrected chi connectivity index (χ0v) is 17.4. The Morgan fingerprint density at radius 1 is 1.03 bits per heavy atom. The van der Waals surface area contributed by atoms with Gasteiger partial charge in [0.1, 0.15) is 18.0 Å². The number of benzene rings is 2. The number of nitrogen functional groups attached to an aromatic ring is 1. The molecule has 2 heterocycles. The summed E-state index contributed by atoms with van der Waals surface area (Å²) < 4.78 is 16.6. The Kier molecular flexibility index (Phi) is 4.54. The molecule has 7 nitrogen and oxygen atoms in total. The molecule has 0 spiro atoms. The molecule has 4 N–H and O–H groups in total. The van der Waals surface area contributed by atoms with Gasteiger partial charge in [0.15, 0.2) is 0 Å². The lowest BCUT2D eigenvalue weighted by atomic mass is 9.92. The number of nitrogens with zero attached hydrogens (tertiary/aromatic N) is 4. The van der Waals surface area contributed by atoms with Gasteiger partial charge in [-0.1, -0.05) is 20.8 Å². The highest BCUT2D eigenvalue weighted by Gasteiger charge is 2.29. The molecule has 0 saturated carbocycles. The maximum absolute atomic E-state index is 13.4. The van der Waals surface area contributed by atoms with Crippen LogP contribution in [0.15, 0.2) is 54.9 Å². The maximum Gasteiger partial charge on any atom is 0.234 e. The van der Waals surface area contributed by atoms with Crippen LogP contribution < -0.4 is 11.1 Å². The predicted octanol–water partition coefficient (Wildman–Crippen LogP) is 3.98. The first-order valence-corrected chi connectivity index (χ1v) is 9.65. The minimum Gasteiger partial charge on any atom is -0.384 e. The summed E-state index contributed by atoms with van der Waals surface area (Å²) in [5, 5.41) is 18.5. The Labute approximate surface area is 174 Å². The van der Waals surface area contributed by atoms with Gasteiger partial charge in [0.25, 0.3) is 0 Å². The smallest absolute Gasteiger partial charge is 0.234 e. The second kappa shape index (κ2) is 6.84. The maximum atomic E-state index is 13.4. The third kappa shape index (κ3) is 3.61. The van der Waals surface area contributed by atoms with Crippen molar-refractivity contribution < 1.29 is 9.50 Å². The summed E-state index contributed by atoms with van der Waals surface area (Å²) in [6, 6.07) is 13.7. The van der Waals surface area contributed by atoms with Crippen molar-refractivity contribution in [1.82, 2.24) is 19.3 Å². The van der Waals surface area contributed by atoms with Crippen LogP contribution in [0.2, 0.25) is 0 Å². The van der Waals surface area contributed by atoms with E-state index < -0.39 is 5.85 Å². The fourth-order valence-corrected chi connectivity index (χ4v) is 3.33. The van der Waals surface area contributed by atoms with Crippen molar-refractivity contribution in [3.8, 4) is 5.69 Å². The average molecular weight is 408 g/mol. The molecule has 2 aromatic heterocycles. The zero-order chi connectivity index (χ0) is 21.7. The summed E-state index contributed by atoms with van der Waals surface area (Å²) >= 11 is 0. The van der Waals surface area contributed by atoms with E-state index in [9.17, 15) is 9.50 Å². The third-order valence-corrected chi connectivity index (χ3v) is 4.95. The number of hydrogen-bond donors (Lipinski definition) is 3. The molecule has 0 bridgehead atoms. The van der Waals surface area contributed by atoms with Crippen LogP contribution in [0.5, 0.6) is 0 Å². The predicted molar refractivity (Wildman–Crippen MR) is 116 cm³/mol. The third-order valence-electron chi connectivity index (χ3n) is 4.95. The van der Waals surface area contributed by atoms with Crippen molar-refractivity contribution in [3.05, 3.63) is 66.4 Å². The molecule has 30 heavy (non-hydrogen) atoms. The van der Waals surface area contributed by atoms with E-state index in [1.165, 1.54) is 16.8 Å². The molecule has 0 aliphatic carbocycles. The Hall–Kier alpha value is -3.39. The molecule has 0 radical (unpaired) electrons. The lowest BCUT2D eigenvalue weighted by Crippen LogP contribution is -2.40. The number of fused-ring (bicyclic) bond motifs is 1. The van der Waals surface area contributed by atoms with Crippen molar-refractivity contribution in [2.45, 2.75) is 39.0 Å². The molecule has 156 valence electrons. The number of hydrogen-bond acceptors (Lipinski definition) is 5. The van der Waals surface area contributed by atoms with E-state index in [0.29, 0.717) is 17.0 Å². The van der Waals surface area contributed by atoms with E-state index >= 15 is 0 Å². The van der Waals surface area contributed by atoms with Crippen LogP contribution in [-0.2, 0) is 11.3 Å². The van der Waals surface area contributed by atoms with E-state index in [1.54, 1.807) is 25.4 Å². The quantitative estimate of drug-likeness (QED) is 0.444. The topological polar surface area (TPSA) is 93.9 Å². The lowest BCUT2D eigenvalue weighted by molar-refractivity contribution is 0.00148. The molecule has 0 aliphatic rings. The Balaban J connectivity index is 1.59. The van der Waals surface area contributed by atoms with Crippen molar-refractivity contribution in [2.24, 2.45) is 0 Å². The first-order chi connectivity index (χ1) is 14.0. The van der Waals surface area contributed by atoms with E-state index in [1.807, 2.05) is 49.6 Å². The number of aromatic nitrogens is 4. The highest BCUT2D eigenvalue weighted by Crippen LogP contribution is 2.27. The van der Waals surface area contributed by atoms with Gasteiger partial charge in [0.05, 0.1) is 16.7 Å². The van der Waals surface area contributed by atoms with Gasteiger partial charge in [-0.15, -0.1) is 0 Å². The van der Waals surface area contributed by atoms with E-state index in [-0.39, 0.29) is 11.2 Å². The number of nitrogens with one attached hydrogen (secondary N) is 1. The fourth-order valence-electron chi connectivity index (χ4n) is 3.33. The highest BCUT2D eigenvalue weighted by molar-refractivity contribution is 5.77. The number of rotatable bonds is 4. The van der Waals surface area contributed by atoms with Crippen LogP contribution in [0.25, 0.3) is 16.7 Å². The second-order valence-electron chi connectivity index (χ2n) is 8.56. The molecule has 1 unspecified atom stereocenters. The molecular weight excluding hydrogens is 383 g/mol.